The highest BCUT2D eigenvalue weighted by atomic mass is 32.1. The summed E-state index contributed by atoms with van der Waals surface area (Å²) in [7, 11) is 4.71. The molecule has 7 nitrogen and oxygen atoms in total. The van der Waals surface area contributed by atoms with E-state index in [0.717, 1.165) is 29.3 Å². The SMILES string of the molecule is COc1cc(/C=C\C(=O)N2CCN(c3nc4c(C)c(C)ccc4s3)CC2)cc(OC)c1OC. The quantitative estimate of drug-likeness (QED) is 0.504. The molecular formula is C25H29N3O4S. The second-order valence-corrected chi connectivity index (χ2v) is 8.96. The minimum Gasteiger partial charge on any atom is -0.493 e. The molecule has 1 aliphatic heterocycles. The molecule has 8 heteroatoms. The summed E-state index contributed by atoms with van der Waals surface area (Å²) in [6.45, 7) is 7.09. The number of aryl methyl sites for hydroxylation is 2. The summed E-state index contributed by atoms with van der Waals surface area (Å²) in [5.41, 5.74) is 4.38. The number of methoxy groups -OCH3 is 3. The van der Waals surface area contributed by atoms with Crippen LogP contribution < -0.4 is 19.1 Å². The first-order chi connectivity index (χ1) is 15.9. The number of benzene rings is 2. The van der Waals surface area contributed by atoms with Gasteiger partial charge >= 0.3 is 0 Å². The Balaban J connectivity index is 1.42. The van der Waals surface area contributed by atoms with Gasteiger partial charge in [-0.3, -0.25) is 4.79 Å². The second-order valence-electron chi connectivity index (χ2n) is 7.95. The molecule has 174 valence electrons. The van der Waals surface area contributed by atoms with E-state index in [-0.39, 0.29) is 5.91 Å². The van der Waals surface area contributed by atoms with Crippen molar-refractivity contribution in [2.75, 3.05) is 52.4 Å². The number of hydrogen-bond donors (Lipinski definition) is 0. The third-order valence-electron chi connectivity index (χ3n) is 6.04. The van der Waals surface area contributed by atoms with E-state index < -0.39 is 0 Å². The van der Waals surface area contributed by atoms with Gasteiger partial charge in [-0.2, -0.15) is 0 Å². The van der Waals surface area contributed by atoms with Crippen LogP contribution >= 0.6 is 11.3 Å². The van der Waals surface area contributed by atoms with Crippen molar-refractivity contribution < 1.29 is 19.0 Å². The summed E-state index contributed by atoms with van der Waals surface area (Å²) in [6.07, 6.45) is 3.37. The number of rotatable bonds is 6. The average molecular weight is 468 g/mol. The van der Waals surface area contributed by atoms with Gasteiger partial charge in [0, 0.05) is 32.3 Å². The maximum Gasteiger partial charge on any atom is 0.246 e. The van der Waals surface area contributed by atoms with Gasteiger partial charge < -0.3 is 24.0 Å². The number of fused-ring (bicyclic) bond motifs is 1. The number of carbonyl (C=O) groups excluding carboxylic acids is 1. The predicted octanol–water partition coefficient (Wildman–Crippen LogP) is 4.30. The highest BCUT2D eigenvalue weighted by Crippen LogP contribution is 2.38. The van der Waals surface area contributed by atoms with Crippen LogP contribution in [-0.4, -0.2) is 63.3 Å². The molecule has 0 spiro atoms. The highest BCUT2D eigenvalue weighted by Gasteiger charge is 2.22. The van der Waals surface area contributed by atoms with Gasteiger partial charge in [0.2, 0.25) is 11.7 Å². The smallest absolute Gasteiger partial charge is 0.246 e. The van der Waals surface area contributed by atoms with Crippen LogP contribution in [-0.2, 0) is 4.79 Å². The maximum absolute atomic E-state index is 12.8. The van der Waals surface area contributed by atoms with E-state index in [0.29, 0.717) is 30.3 Å². The molecule has 1 aromatic heterocycles. The molecule has 2 heterocycles. The van der Waals surface area contributed by atoms with Crippen molar-refractivity contribution in [1.82, 2.24) is 9.88 Å². The number of nitrogens with zero attached hydrogens (tertiary/aromatic N) is 3. The van der Waals surface area contributed by atoms with Crippen molar-refractivity contribution in [3.63, 3.8) is 0 Å². The van der Waals surface area contributed by atoms with Crippen molar-refractivity contribution in [1.29, 1.82) is 0 Å². The zero-order valence-electron chi connectivity index (χ0n) is 19.7. The van der Waals surface area contributed by atoms with Crippen molar-refractivity contribution in [2.45, 2.75) is 13.8 Å². The average Bonchev–Trinajstić information content (AvgIpc) is 3.29. The fourth-order valence-electron chi connectivity index (χ4n) is 3.94. The molecule has 0 unspecified atom stereocenters. The molecule has 0 bridgehead atoms. The summed E-state index contributed by atoms with van der Waals surface area (Å²) >= 11 is 1.72. The van der Waals surface area contributed by atoms with Crippen LogP contribution in [0.1, 0.15) is 16.7 Å². The third-order valence-corrected chi connectivity index (χ3v) is 7.12. The van der Waals surface area contributed by atoms with Crippen LogP contribution in [0.15, 0.2) is 30.3 Å². The zero-order chi connectivity index (χ0) is 23.5. The molecule has 2 aromatic carbocycles. The largest absolute Gasteiger partial charge is 0.493 e. The van der Waals surface area contributed by atoms with Gasteiger partial charge in [0.25, 0.3) is 0 Å². The van der Waals surface area contributed by atoms with E-state index in [4.69, 9.17) is 19.2 Å². The Labute approximate surface area is 198 Å². The Morgan fingerprint density at radius 1 is 1.00 bits per heavy atom. The van der Waals surface area contributed by atoms with Crippen LogP contribution in [0, 0.1) is 13.8 Å². The van der Waals surface area contributed by atoms with Crippen LogP contribution in [0.3, 0.4) is 0 Å². The first kappa shape index (κ1) is 22.9. The molecule has 1 aliphatic rings. The zero-order valence-corrected chi connectivity index (χ0v) is 20.5. The lowest BCUT2D eigenvalue weighted by atomic mass is 10.1. The standard InChI is InChI=1S/C25H29N3O4S/c1-16-6-8-21-23(17(16)2)26-25(33-21)28-12-10-27(11-13-28)22(29)9-7-18-14-19(30-3)24(32-5)20(15-18)31-4/h6-9,14-15H,10-13H2,1-5H3/b9-7-. The first-order valence-corrected chi connectivity index (χ1v) is 11.7. The Hall–Kier alpha value is -3.26. The Kier molecular flexibility index (Phi) is 6.74. The molecule has 0 radical (unpaired) electrons. The Morgan fingerprint density at radius 2 is 1.67 bits per heavy atom. The normalized spacial score (nSPS) is 14.2. The summed E-state index contributed by atoms with van der Waals surface area (Å²) in [5, 5.41) is 1.03. The van der Waals surface area contributed by atoms with Gasteiger partial charge in [-0.1, -0.05) is 17.4 Å². The third kappa shape index (κ3) is 4.61. The lowest BCUT2D eigenvalue weighted by molar-refractivity contribution is -0.126. The number of amides is 1. The molecule has 0 N–H and O–H groups in total. The van der Waals surface area contributed by atoms with Crippen molar-refractivity contribution in [3.05, 3.63) is 47.0 Å². The lowest BCUT2D eigenvalue weighted by Gasteiger charge is -2.34. The molecule has 0 aliphatic carbocycles. The first-order valence-electron chi connectivity index (χ1n) is 10.8. The minimum absolute atomic E-state index is 0.0147. The molecule has 1 amide bonds. The van der Waals surface area contributed by atoms with E-state index in [1.54, 1.807) is 44.8 Å². The minimum atomic E-state index is -0.0147. The van der Waals surface area contributed by atoms with Crippen LogP contribution in [0.5, 0.6) is 17.2 Å². The Bertz CT molecular complexity index is 1170. The van der Waals surface area contributed by atoms with Crippen molar-refractivity contribution in [3.8, 4) is 17.2 Å². The van der Waals surface area contributed by atoms with Gasteiger partial charge in [-0.15, -0.1) is 0 Å². The number of carbonyl (C=O) groups is 1. The highest BCUT2D eigenvalue weighted by molar-refractivity contribution is 7.22. The van der Waals surface area contributed by atoms with Gasteiger partial charge in [-0.25, -0.2) is 4.98 Å². The molecule has 0 atom stereocenters. The van der Waals surface area contributed by atoms with E-state index in [1.807, 2.05) is 17.0 Å². The monoisotopic (exact) mass is 467 g/mol. The van der Waals surface area contributed by atoms with E-state index in [1.165, 1.54) is 15.8 Å². The van der Waals surface area contributed by atoms with Crippen molar-refractivity contribution in [2.24, 2.45) is 0 Å². The number of ether oxygens (including phenoxy) is 3. The van der Waals surface area contributed by atoms with Gasteiger partial charge in [-0.05, 0) is 54.8 Å². The number of anilines is 1. The second kappa shape index (κ2) is 9.70. The van der Waals surface area contributed by atoms with E-state index in [2.05, 4.69) is 30.9 Å². The number of hydrogen-bond acceptors (Lipinski definition) is 7. The number of piperazine rings is 1. The van der Waals surface area contributed by atoms with Crippen molar-refractivity contribution >= 4 is 38.7 Å². The van der Waals surface area contributed by atoms with Crippen LogP contribution in [0.25, 0.3) is 16.3 Å². The number of aromatic nitrogens is 1. The molecule has 3 aromatic rings. The maximum atomic E-state index is 12.8. The Morgan fingerprint density at radius 3 is 2.27 bits per heavy atom. The molecule has 33 heavy (non-hydrogen) atoms. The summed E-state index contributed by atoms with van der Waals surface area (Å²) in [6, 6.07) is 7.93. The lowest BCUT2D eigenvalue weighted by Crippen LogP contribution is -2.48. The molecule has 1 fully saturated rings. The molecule has 4 rings (SSSR count). The molecule has 0 saturated carbocycles. The van der Waals surface area contributed by atoms with Crippen LogP contribution in [0.2, 0.25) is 0 Å². The van der Waals surface area contributed by atoms with Crippen LogP contribution in [0.4, 0.5) is 5.13 Å². The summed E-state index contributed by atoms with van der Waals surface area (Å²) < 4.78 is 17.3. The predicted molar refractivity (Wildman–Crippen MR) is 133 cm³/mol. The number of thiazole rings is 1. The molecule has 1 saturated heterocycles. The van der Waals surface area contributed by atoms with Gasteiger partial charge in [0.1, 0.15) is 0 Å². The van der Waals surface area contributed by atoms with E-state index in [9.17, 15) is 4.79 Å². The van der Waals surface area contributed by atoms with E-state index >= 15 is 0 Å². The molecular weight excluding hydrogens is 438 g/mol. The van der Waals surface area contributed by atoms with Gasteiger partial charge in [0.15, 0.2) is 16.6 Å². The van der Waals surface area contributed by atoms with Gasteiger partial charge in [0.05, 0.1) is 31.5 Å². The summed E-state index contributed by atoms with van der Waals surface area (Å²) in [5.74, 6) is 1.62. The summed E-state index contributed by atoms with van der Waals surface area (Å²) in [4.78, 5) is 21.8. The fourth-order valence-corrected chi connectivity index (χ4v) is 5.01. The fraction of sp³-hybridized carbons (Fsp3) is 0.360. The topological polar surface area (TPSA) is 64.1 Å².